The molecular weight excluding hydrogens is 188 g/mol. The zero-order valence-electron chi connectivity index (χ0n) is 9.31. The van der Waals surface area contributed by atoms with E-state index < -0.39 is 5.60 Å². The van der Waals surface area contributed by atoms with Gasteiger partial charge in [0, 0.05) is 0 Å². The van der Waals surface area contributed by atoms with Crippen LogP contribution in [0.2, 0.25) is 0 Å². The molecule has 1 aliphatic heterocycles. The first-order valence-electron chi connectivity index (χ1n) is 5.50. The van der Waals surface area contributed by atoms with E-state index in [2.05, 4.69) is 12.1 Å². The van der Waals surface area contributed by atoms with E-state index in [1.165, 1.54) is 5.56 Å². The van der Waals surface area contributed by atoms with E-state index in [0.29, 0.717) is 0 Å². The van der Waals surface area contributed by atoms with E-state index in [-0.39, 0.29) is 12.2 Å². The van der Waals surface area contributed by atoms with Crippen molar-refractivity contribution in [3.05, 3.63) is 35.9 Å². The van der Waals surface area contributed by atoms with Gasteiger partial charge in [0.15, 0.2) is 0 Å². The average molecular weight is 206 g/mol. The van der Waals surface area contributed by atoms with Crippen molar-refractivity contribution in [1.82, 2.24) is 0 Å². The van der Waals surface area contributed by atoms with Gasteiger partial charge >= 0.3 is 0 Å². The highest BCUT2D eigenvalue weighted by atomic mass is 16.5. The molecule has 2 nitrogen and oxygen atoms in total. The van der Waals surface area contributed by atoms with Crippen LogP contribution in [0.3, 0.4) is 0 Å². The highest BCUT2D eigenvalue weighted by Crippen LogP contribution is 2.36. The number of aliphatic hydroxyl groups is 1. The van der Waals surface area contributed by atoms with Gasteiger partial charge < -0.3 is 9.84 Å². The lowest BCUT2D eigenvalue weighted by atomic mass is 9.89. The monoisotopic (exact) mass is 206 g/mol. The second-order valence-electron chi connectivity index (χ2n) is 4.71. The molecule has 0 saturated carbocycles. The van der Waals surface area contributed by atoms with Crippen LogP contribution < -0.4 is 0 Å². The molecule has 1 N–H and O–H groups in total. The van der Waals surface area contributed by atoms with E-state index >= 15 is 0 Å². The summed E-state index contributed by atoms with van der Waals surface area (Å²) in [7, 11) is 0. The molecule has 1 fully saturated rings. The van der Waals surface area contributed by atoms with Gasteiger partial charge in [0.2, 0.25) is 0 Å². The second-order valence-corrected chi connectivity index (χ2v) is 4.71. The Kier molecular flexibility index (Phi) is 2.81. The molecule has 0 aromatic heterocycles. The highest BCUT2D eigenvalue weighted by Gasteiger charge is 2.36. The summed E-state index contributed by atoms with van der Waals surface area (Å²) >= 11 is 0. The third kappa shape index (κ3) is 2.21. The zero-order valence-corrected chi connectivity index (χ0v) is 9.31. The minimum Gasteiger partial charge on any atom is -0.390 e. The van der Waals surface area contributed by atoms with Gasteiger partial charge in [0.25, 0.3) is 0 Å². The Morgan fingerprint density at radius 1 is 1.20 bits per heavy atom. The van der Waals surface area contributed by atoms with Crippen LogP contribution in [0.5, 0.6) is 0 Å². The summed E-state index contributed by atoms with van der Waals surface area (Å²) in [6.45, 7) is 3.90. The molecule has 1 aromatic carbocycles. The van der Waals surface area contributed by atoms with E-state index in [9.17, 15) is 5.11 Å². The Balaban J connectivity index is 2.14. The molecule has 2 atom stereocenters. The topological polar surface area (TPSA) is 29.5 Å². The molecule has 1 aliphatic rings. The maximum atomic E-state index is 9.78. The number of benzene rings is 1. The molecule has 0 bridgehead atoms. The molecule has 0 aliphatic carbocycles. The summed E-state index contributed by atoms with van der Waals surface area (Å²) < 4.78 is 5.92. The molecule has 0 unspecified atom stereocenters. The fourth-order valence-electron chi connectivity index (χ4n) is 2.06. The summed E-state index contributed by atoms with van der Waals surface area (Å²) in [6.07, 6.45) is 1.49. The number of rotatable bonds is 1. The van der Waals surface area contributed by atoms with Crippen LogP contribution in [0.1, 0.15) is 38.4 Å². The van der Waals surface area contributed by atoms with Crippen molar-refractivity contribution in [1.29, 1.82) is 0 Å². The highest BCUT2D eigenvalue weighted by molar-refractivity contribution is 5.18. The number of hydrogen-bond acceptors (Lipinski definition) is 2. The molecule has 82 valence electrons. The normalized spacial score (nSPS) is 30.1. The fourth-order valence-corrected chi connectivity index (χ4v) is 2.06. The number of aliphatic hydroxyl groups excluding tert-OH is 1. The summed E-state index contributed by atoms with van der Waals surface area (Å²) in [5.74, 6) is 0. The van der Waals surface area contributed by atoms with Crippen LogP contribution in [0, 0.1) is 0 Å². The van der Waals surface area contributed by atoms with Crippen molar-refractivity contribution >= 4 is 0 Å². The molecule has 0 amide bonds. The van der Waals surface area contributed by atoms with Crippen molar-refractivity contribution in [2.45, 2.75) is 44.5 Å². The molecule has 1 aromatic rings. The summed E-state index contributed by atoms with van der Waals surface area (Å²) in [5, 5.41) is 9.78. The van der Waals surface area contributed by atoms with Gasteiger partial charge in [0.1, 0.15) is 0 Å². The summed E-state index contributed by atoms with van der Waals surface area (Å²) in [5.41, 5.74) is 0.774. The van der Waals surface area contributed by atoms with Gasteiger partial charge in [-0.3, -0.25) is 0 Å². The minimum absolute atomic E-state index is 0.129. The largest absolute Gasteiger partial charge is 0.390 e. The Labute approximate surface area is 90.9 Å². The molecule has 1 saturated heterocycles. The van der Waals surface area contributed by atoms with Gasteiger partial charge in [-0.15, -0.1) is 0 Å². The van der Waals surface area contributed by atoms with E-state index in [4.69, 9.17) is 4.74 Å². The van der Waals surface area contributed by atoms with Crippen molar-refractivity contribution in [3.63, 3.8) is 0 Å². The van der Waals surface area contributed by atoms with E-state index in [1.54, 1.807) is 0 Å². The van der Waals surface area contributed by atoms with Crippen LogP contribution in [-0.4, -0.2) is 16.8 Å². The molecular formula is C13H18O2. The fraction of sp³-hybridized carbons (Fsp3) is 0.538. The van der Waals surface area contributed by atoms with Gasteiger partial charge in [0.05, 0.1) is 17.8 Å². The minimum atomic E-state index is -0.432. The smallest absolute Gasteiger partial charge is 0.0892 e. The Hall–Kier alpha value is -0.860. The zero-order chi connectivity index (χ0) is 10.9. The lowest BCUT2D eigenvalue weighted by Crippen LogP contribution is -2.43. The first-order chi connectivity index (χ1) is 7.09. The number of hydrogen-bond donors (Lipinski definition) is 1. The molecule has 0 radical (unpaired) electrons. The predicted octanol–water partition coefficient (Wildman–Crippen LogP) is 2.68. The van der Waals surface area contributed by atoms with E-state index in [0.717, 1.165) is 12.8 Å². The van der Waals surface area contributed by atoms with E-state index in [1.807, 2.05) is 32.0 Å². The predicted molar refractivity (Wildman–Crippen MR) is 59.6 cm³/mol. The van der Waals surface area contributed by atoms with Gasteiger partial charge in [-0.25, -0.2) is 0 Å². The standard InChI is InChI=1S/C13H18O2/c1-13(2)12(14)9-8-11(15-13)10-6-4-3-5-7-10/h3-7,11-12,14H,8-9H2,1-2H3/t11-,12-/m0/s1. The SMILES string of the molecule is CC1(C)O[C@H](c2ccccc2)CC[C@@H]1O. The molecule has 2 rings (SSSR count). The lowest BCUT2D eigenvalue weighted by Gasteiger charge is -2.40. The third-order valence-electron chi connectivity index (χ3n) is 3.12. The second kappa shape index (κ2) is 3.95. The molecule has 15 heavy (non-hydrogen) atoms. The van der Waals surface area contributed by atoms with Gasteiger partial charge in [-0.1, -0.05) is 30.3 Å². The Bertz CT molecular complexity index is 319. The van der Waals surface area contributed by atoms with Crippen LogP contribution in [0.25, 0.3) is 0 Å². The van der Waals surface area contributed by atoms with Gasteiger partial charge in [-0.2, -0.15) is 0 Å². The van der Waals surface area contributed by atoms with Gasteiger partial charge in [-0.05, 0) is 32.3 Å². The first-order valence-corrected chi connectivity index (χ1v) is 5.50. The Morgan fingerprint density at radius 2 is 1.87 bits per heavy atom. The lowest BCUT2D eigenvalue weighted by molar-refractivity contribution is -0.172. The van der Waals surface area contributed by atoms with Crippen molar-refractivity contribution in [2.75, 3.05) is 0 Å². The quantitative estimate of drug-likeness (QED) is 0.765. The number of ether oxygens (including phenoxy) is 1. The average Bonchev–Trinajstić information content (AvgIpc) is 2.23. The maximum absolute atomic E-state index is 9.78. The van der Waals surface area contributed by atoms with Crippen LogP contribution in [0.4, 0.5) is 0 Å². The maximum Gasteiger partial charge on any atom is 0.0892 e. The molecule has 2 heteroatoms. The Morgan fingerprint density at radius 3 is 2.47 bits per heavy atom. The molecule has 0 spiro atoms. The van der Waals surface area contributed by atoms with Crippen molar-refractivity contribution in [2.24, 2.45) is 0 Å². The van der Waals surface area contributed by atoms with Crippen LogP contribution in [0.15, 0.2) is 30.3 Å². The summed E-state index contributed by atoms with van der Waals surface area (Å²) in [4.78, 5) is 0. The van der Waals surface area contributed by atoms with Crippen LogP contribution in [-0.2, 0) is 4.74 Å². The van der Waals surface area contributed by atoms with Crippen molar-refractivity contribution < 1.29 is 9.84 Å². The third-order valence-corrected chi connectivity index (χ3v) is 3.12. The van der Waals surface area contributed by atoms with Crippen molar-refractivity contribution in [3.8, 4) is 0 Å². The van der Waals surface area contributed by atoms with Crippen LogP contribution >= 0.6 is 0 Å². The first kappa shape index (κ1) is 10.7. The summed E-state index contributed by atoms with van der Waals surface area (Å²) in [6, 6.07) is 10.2. The molecule has 1 heterocycles.